The van der Waals surface area contributed by atoms with Gasteiger partial charge in [-0.2, -0.15) is 5.10 Å². The van der Waals surface area contributed by atoms with Crippen molar-refractivity contribution in [3.63, 3.8) is 0 Å². The summed E-state index contributed by atoms with van der Waals surface area (Å²) in [6.45, 7) is 1.70. The van der Waals surface area contributed by atoms with E-state index in [1.807, 2.05) is 12.1 Å². The molecule has 0 saturated heterocycles. The molecule has 0 unspecified atom stereocenters. The molecular formula is C12H8BrIN2O3. The van der Waals surface area contributed by atoms with Crippen molar-refractivity contribution in [2.45, 2.75) is 6.92 Å². The Hall–Kier alpha value is -1.22. The zero-order valence-corrected chi connectivity index (χ0v) is 13.5. The van der Waals surface area contributed by atoms with Gasteiger partial charge in [0.05, 0.1) is 5.69 Å². The van der Waals surface area contributed by atoms with Crippen molar-refractivity contribution in [3.05, 3.63) is 53.9 Å². The average Bonchev–Trinajstić information content (AvgIpc) is 2.32. The molecule has 0 aliphatic carbocycles. The van der Waals surface area contributed by atoms with Crippen LogP contribution in [0.1, 0.15) is 16.2 Å². The Labute approximate surface area is 130 Å². The predicted octanol–water partition coefficient (Wildman–Crippen LogP) is 2.61. The number of benzene rings is 1. The van der Waals surface area contributed by atoms with Gasteiger partial charge in [-0.1, -0.05) is 0 Å². The first-order valence-corrected chi connectivity index (χ1v) is 7.07. The smallest absolute Gasteiger partial charge is 0.360 e. The third kappa shape index (κ3) is 2.86. The molecule has 0 aliphatic heterocycles. The molecule has 2 aromatic rings. The molecule has 1 N–H and O–H groups in total. The molecule has 5 nitrogen and oxygen atoms in total. The standard InChI is InChI=1S/C12H8BrIN2O3/c1-6-4-10(17)11(12(18)19)15-16(6)7-2-3-8(13)9(14)5-7/h2-5H,1H3,(H,18,19). The van der Waals surface area contributed by atoms with E-state index in [1.165, 1.54) is 10.7 Å². The highest BCUT2D eigenvalue weighted by Gasteiger charge is 2.14. The summed E-state index contributed by atoms with van der Waals surface area (Å²) in [5, 5.41) is 12.8. The lowest BCUT2D eigenvalue weighted by Crippen LogP contribution is -2.22. The van der Waals surface area contributed by atoms with Gasteiger partial charge in [-0.05, 0) is 63.6 Å². The predicted molar refractivity (Wildman–Crippen MR) is 81.9 cm³/mol. The summed E-state index contributed by atoms with van der Waals surface area (Å²) < 4.78 is 3.35. The van der Waals surface area contributed by atoms with Crippen LogP contribution in [0.25, 0.3) is 5.69 Å². The van der Waals surface area contributed by atoms with E-state index in [1.54, 1.807) is 13.0 Å². The average molecular weight is 435 g/mol. The number of hydrogen-bond donors (Lipinski definition) is 1. The number of carbonyl (C=O) groups is 1. The SMILES string of the molecule is Cc1cc(=O)c(C(=O)O)nn1-c1ccc(Br)c(I)c1. The van der Waals surface area contributed by atoms with Gasteiger partial charge in [0.1, 0.15) is 0 Å². The van der Waals surface area contributed by atoms with E-state index in [9.17, 15) is 9.59 Å². The number of carboxylic acid groups (broad SMARTS) is 1. The lowest BCUT2D eigenvalue weighted by atomic mass is 10.3. The molecule has 19 heavy (non-hydrogen) atoms. The van der Waals surface area contributed by atoms with Crippen LogP contribution in [0.5, 0.6) is 0 Å². The second-order valence-corrected chi connectivity index (χ2v) is 5.83. The quantitative estimate of drug-likeness (QED) is 0.737. The summed E-state index contributed by atoms with van der Waals surface area (Å²) in [4.78, 5) is 22.5. The second kappa shape index (κ2) is 5.41. The summed E-state index contributed by atoms with van der Waals surface area (Å²) in [6, 6.07) is 6.76. The fourth-order valence-electron chi connectivity index (χ4n) is 1.57. The highest BCUT2D eigenvalue weighted by Crippen LogP contribution is 2.22. The van der Waals surface area contributed by atoms with Gasteiger partial charge in [-0.25, -0.2) is 9.48 Å². The largest absolute Gasteiger partial charge is 0.476 e. The van der Waals surface area contributed by atoms with Crippen LogP contribution in [0, 0.1) is 10.5 Å². The second-order valence-electron chi connectivity index (χ2n) is 3.81. The molecule has 0 saturated carbocycles. The maximum Gasteiger partial charge on any atom is 0.360 e. The van der Waals surface area contributed by atoms with E-state index in [0.29, 0.717) is 11.4 Å². The number of hydrogen-bond acceptors (Lipinski definition) is 3. The molecule has 0 fully saturated rings. The van der Waals surface area contributed by atoms with E-state index in [2.05, 4.69) is 43.6 Å². The van der Waals surface area contributed by atoms with Crippen molar-refractivity contribution in [1.82, 2.24) is 9.78 Å². The number of aryl methyl sites for hydroxylation is 1. The first-order valence-electron chi connectivity index (χ1n) is 5.20. The zero-order valence-electron chi connectivity index (χ0n) is 9.72. The van der Waals surface area contributed by atoms with Gasteiger partial charge in [0.2, 0.25) is 11.1 Å². The highest BCUT2D eigenvalue weighted by atomic mass is 127. The molecule has 0 bridgehead atoms. The first-order chi connectivity index (χ1) is 8.90. The molecule has 0 radical (unpaired) electrons. The number of nitrogens with zero attached hydrogens (tertiary/aromatic N) is 2. The van der Waals surface area contributed by atoms with Crippen molar-refractivity contribution in [3.8, 4) is 5.69 Å². The van der Waals surface area contributed by atoms with Gasteiger partial charge in [-0.15, -0.1) is 0 Å². The van der Waals surface area contributed by atoms with Crippen molar-refractivity contribution >= 4 is 44.5 Å². The summed E-state index contributed by atoms with van der Waals surface area (Å²) in [6.07, 6.45) is 0. The molecule has 7 heteroatoms. The van der Waals surface area contributed by atoms with Crippen LogP contribution in [0.3, 0.4) is 0 Å². The van der Waals surface area contributed by atoms with E-state index >= 15 is 0 Å². The molecule has 1 aromatic carbocycles. The minimum atomic E-state index is -1.33. The first kappa shape index (κ1) is 14.2. The third-order valence-electron chi connectivity index (χ3n) is 2.46. The van der Waals surface area contributed by atoms with Gasteiger partial charge in [0.25, 0.3) is 0 Å². The van der Waals surface area contributed by atoms with Gasteiger partial charge < -0.3 is 5.11 Å². The Morgan fingerprint density at radius 1 is 1.42 bits per heavy atom. The van der Waals surface area contributed by atoms with Crippen LogP contribution in [0.15, 0.2) is 33.5 Å². The highest BCUT2D eigenvalue weighted by molar-refractivity contribution is 14.1. The number of halogens is 2. The topological polar surface area (TPSA) is 72.2 Å². The third-order valence-corrected chi connectivity index (χ3v) is 4.78. The Kier molecular flexibility index (Phi) is 4.04. The Morgan fingerprint density at radius 2 is 2.11 bits per heavy atom. The lowest BCUT2D eigenvalue weighted by molar-refractivity contribution is 0.0686. The van der Waals surface area contributed by atoms with Crippen molar-refractivity contribution < 1.29 is 9.90 Å². The van der Waals surface area contributed by atoms with Crippen LogP contribution in [0.2, 0.25) is 0 Å². The number of carboxylic acids is 1. The van der Waals surface area contributed by atoms with Gasteiger partial charge in [0, 0.05) is 19.8 Å². The molecule has 1 aromatic heterocycles. The molecule has 2 rings (SSSR count). The van der Waals surface area contributed by atoms with E-state index in [-0.39, 0.29) is 0 Å². The van der Waals surface area contributed by atoms with Crippen LogP contribution in [-0.4, -0.2) is 20.9 Å². The number of aromatic nitrogens is 2. The summed E-state index contributed by atoms with van der Waals surface area (Å²) in [5.41, 5.74) is 0.206. The fraction of sp³-hybridized carbons (Fsp3) is 0.0833. The van der Waals surface area contributed by atoms with Gasteiger partial charge in [-0.3, -0.25) is 4.79 Å². The van der Waals surface area contributed by atoms with Crippen molar-refractivity contribution in [2.24, 2.45) is 0 Å². The Balaban J connectivity index is 2.68. The Bertz CT molecular complexity index is 727. The monoisotopic (exact) mass is 434 g/mol. The van der Waals surface area contributed by atoms with Crippen LogP contribution < -0.4 is 5.43 Å². The minimum Gasteiger partial charge on any atom is -0.476 e. The van der Waals surface area contributed by atoms with Gasteiger partial charge in [0.15, 0.2) is 0 Å². The van der Waals surface area contributed by atoms with Crippen molar-refractivity contribution in [2.75, 3.05) is 0 Å². The molecule has 0 aliphatic rings. The minimum absolute atomic E-state index is 0.483. The maximum atomic E-state index is 11.5. The van der Waals surface area contributed by atoms with Gasteiger partial charge >= 0.3 is 5.97 Å². The Morgan fingerprint density at radius 3 is 2.68 bits per heavy atom. The normalized spacial score (nSPS) is 10.5. The van der Waals surface area contributed by atoms with Crippen LogP contribution >= 0.6 is 38.5 Å². The molecule has 98 valence electrons. The van der Waals surface area contributed by atoms with E-state index in [0.717, 1.165) is 8.04 Å². The lowest BCUT2D eigenvalue weighted by Gasteiger charge is -2.10. The number of aromatic carboxylic acids is 1. The number of rotatable bonds is 2. The van der Waals surface area contributed by atoms with Crippen molar-refractivity contribution in [1.29, 1.82) is 0 Å². The van der Waals surface area contributed by atoms with Crippen LogP contribution in [0.4, 0.5) is 0 Å². The summed E-state index contributed by atoms with van der Waals surface area (Å²) in [5.74, 6) is -1.33. The zero-order chi connectivity index (χ0) is 14.2. The molecular weight excluding hydrogens is 427 g/mol. The fourth-order valence-corrected chi connectivity index (χ4v) is 2.32. The molecule has 0 amide bonds. The molecule has 1 heterocycles. The summed E-state index contributed by atoms with van der Waals surface area (Å²) in [7, 11) is 0. The molecule has 0 atom stereocenters. The maximum absolute atomic E-state index is 11.5. The summed E-state index contributed by atoms with van der Waals surface area (Å²) >= 11 is 5.54. The van der Waals surface area contributed by atoms with E-state index < -0.39 is 17.1 Å². The van der Waals surface area contributed by atoms with Crippen LogP contribution in [-0.2, 0) is 0 Å². The van der Waals surface area contributed by atoms with E-state index in [4.69, 9.17) is 5.11 Å². The molecule has 0 spiro atoms.